The monoisotopic (exact) mass is 373 g/mol. The first-order chi connectivity index (χ1) is 12.8. The van der Waals surface area contributed by atoms with E-state index < -0.39 is 17.3 Å². The molecule has 0 fully saturated rings. The molecule has 1 atom stereocenters. The summed E-state index contributed by atoms with van der Waals surface area (Å²) in [4.78, 5) is 29.8. The molecule has 1 unspecified atom stereocenters. The number of hydrogen-bond acceptors (Lipinski definition) is 6. The van der Waals surface area contributed by atoms with Crippen LogP contribution < -0.4 is 4.74 Å². The second kappa shape index (κ2) is 8.37. The van der Waals surface area contributed by atoms with Crippen molar-refractivity contribution < 1.29 is 24.2 Å². The van der Waals surface area contributed by atoms with Crippen molar-refractivity contribution in [2.45, 2.75) is 40.0 Å². The van der Waals surface area contributed by atoms with Crippen molar-refractivity contribution in [1.82, 2.24) is 0 Å². The van der Waals surface area contributed by atoms with Gasteiger partial charge in [-0.15, -0.1) is 0 Å². The van der Waals surface area contributed by atoms with E-state index in [1.54, 1.807) is 33.1 Å². The molecule has 2 rings (SSSR count). The highest BCUT2D eigenvalue weighted by Gasteiger charge is 2.47. The minimum Gasteiger partial charge on any atom is -0.511 e. The van der Waals surface area contributed by atoms with Crippen molar-refractivity contribution >= 4 is 23.2 Å². The van der Waals surface area contributed by atoms with Gasteiger partial charge in [0.2, 0.25) is 0 Å². The van der Waals surface area contributed by atoms with Gasteiger partial charge in [-0.25, -0.2) is 4.99 Å². The summed E-state index contributed by atoms with van der Waals surface area (Å²) in [6.45, 7) is 5.51. The number of rotatable bonds is 6. The number of para-hydroxylation sites is 2. The summed E-state index contributed by atoms with van der Waals surface area (Å²) < 4.78 is 10.2. The summed E-state index contributed by atoms with van der Waals surface area (Å²) in [6.07, 6.45) is 1.34. The summed E-state index contributed by atoms with van der Waals surface area (Å²) in [5.74, 6) is -1.38. The van der Waals surface area contributed by atoms with E-state index in [4.69, 9.17) is 9.47 Å². The Morgan fingerprint density at radius 1 is 1.30 bits per heavy atom. The van der Waals surface area contributed by atoms with Gasteiger partial charge in [0.05, 0.1) is 25.5 Å². The molecule has 0 heterocycles. The molecule has 1 N–H and O–H groups in total. The van der Waals surface area contributed by atoms with Crippen LogP contribution in [0, 0.1) is 11.3 Å². The molecule has 0 amide bonds. The zero-order valence-electron chi connectivity index (χ0n) is 16.5. The molecular weight excluding hydrogens is 346 g/mol. The molecule has 0 bridgehead atoms. The molecule has 0 spiro atoms. The Balaban J connectivity index is 2.65. The second-order valence-electron chi connectivity index (χ2n) is 7.29. The summed E-state index contributed by atoms with van der Waals surface area (Å²) in [5, 5.41) is 10.9. The Kier molecular flexibility index (Phi) is 6.41. The van der Waals surface area contributed by atoms with Crippen molar-refractivity contribution in [1.29, 1.82) is 0 Å². The van der Waals surface area contributed by atoms with Gasteiger partial charge in [0.25, 0.3) is 0 Å². The number of aliphatic hydroxyl groups is 1. The number of ether oxygens (including phenoxy) is 2. The van der Waals surface area contributed by atoms with Gasteiger partial charge in [0.15, 0.2) is 5.78 Å². The molecule has 0 aliphatic heterocycles. The van der Waals surface area contributed by atoms with Crippen LogP contribution in [0.2, 0.25) is 0 Å². The molecule has 6 heteroatoms. The number of nitrogens with zero attached hydrogens (tertiary/aromatic N) is 1. The van der Waals surface area contributed by atoms with Gasteiger partial charge in [0.1, 0.15) is 23.1 Å². The second-order valence-corrected chi connectivity index (χ2v) is 7.29. The van der Waals surface area contributed by atoms with E-state index in [9.17, 15) is 14.7 Å². The molecule has 27 heavy (non-hydrogen) atoms. The average Bonchev–Trinajstić information content (AvgIpc) is 2.60. The molecule has 0 aromatic heterocycles. The Labute approximate surface area is 159 Å². The lowest BCUT2D eigenvalue weighted by molar-refractivity contribution is -0.150. The first-order valence-electron chi connectivity index (χ1n) is 9.01. The number of methoxy groups -OCH3 is 2. The molecule has 1 aromatic rings. The SMILES string of the molecule is CCCC(=Nc1ccccc1OC)C1=C(O)C(C(=O)OC)C(C)(C)CC1=O. The summed E-state index contributed by atoms with van der Waals surface area (Å²) >= 11 is 0. The van der Waals surface area contributed by atoms with Gasteiger partial charge in [-0.3, -0.25) is 9.59 Å². The quantitative estimate of drug-likeness (QED) is 0.597. The zero-order chi connectivity index (χ0) is 20.2. The van der Waals surface area contributed by atoms with E-state index in [1.807, 2.05) is 19.1 Å². The van der Waals surface area contributed by atoms with Crippen molar-refractivity contribution in [3.63, 3.8) is 0 Å². The number of hydrogen-bond donors (Lipinski definition) is 1. The normalized spacial score (nSPS) is 19.8. The molecule has 1 aliphatic carbocycles. The standard InChI is InChI=1S/C21H27NO5/c1-6-9-14(22-13-10-7-8-11-16(13)26-4)17-15(23)12-21(2,3)18(19(17)24)20(25)27-5/h7-8,10-11,18,24H,6,9,12H2,1-5H3. The molecule has 0 saturated heterocycles. The number of carbonyl (C=O) groups excluding carboxylic acids is 2. The third-order valence-corrected chi connectivity index (χ3v) is 4.76. The first-order valence-corrected chi connectivity index (χ1v) is 9.01. The Hall–Kier alpha value is -2.63. The van der Waals surface area contributed by atoms with E-state index in [-0.39, 0.29) is 23.5 Å². The molecule has 146 valence electrons. The third kappa shape index (κ3) is 4.21. The van der Waals surface area contributed by atoms with Crippen LogP contribution in [-0.2, 0) is 14.3 Å². The van der Waals surface area contributed by atoms with E-state index >= 15 is 0 Å². The number of carbonyl (C=O) groups is 2. The topological polar surface area (TPSA) is 85.2 Å². The third-order valence-electron chi connectivity index (χ3n) is 4.76. The minimum atomic E-state index is -0.907. The van der Waals surface area contributed by atoms with E-state index in [0.717, 1.165) is 6.42 Å². The molecular formula is C21H27NO5. The maximum absolute atomic E-state index is 12.9. The van der Waals surface area contributed by atoms with Crippen LogP contribution in [0.3, 0.4) is 0 Å². The molecule has 1 aliphatic rings. The van der Waals surface area contributed by atoms with Crippen LogP contribution in [0.5, 0.6) is 5.75 Å². The predicted molar refractivity (Wildman–Crippen MR) is 104 cm³/mol. The maximum atomic E-state index is 12.9. The van der Waals surface area contributed by atoms with Gasteiger partial charge in [-0.05, 0) is 24.0 Å². The highest BCUT2D eigenvalue weighted by Crippen LogP contribution is 2.43. The van der Waals surface area contributed by atoms with Crippen LogP contribution in [-0.4, -0.2) is 36.8 Å². The number of ketones is 1. The van der Waals surface area contributed by atoms with Gasteiger partial charge >= 0.3 is 5.97 Å². The van der Waals surface area contributed by atoms with Crippen molar-refractivity contribution in [3.05, 3.63) is 35.6 Å². The average molecular weight is 373 g/mol. The number of aliphatic hydroxyl groups excluding tert-OH is 1. The van der Waals surface area contributed by atoms with Crippen molar-refractivity contribution in [3.8, 4) is 5.75 Å². The maximum Gasteiger partial charge on any atom is 0.316 e. The molecule has 0 radical (unpaired) electrons. The van der Waals surface area contributed by atoms with Gasteiger partial charge in [-0.2, -0.15) is 0 Å². The Morgan fingerprint density at radius 2 is 1.96 bits per heavy atom. The fourth-order valence-electron chi connectivity index (χ4n) is 3.46. The first kappa shape index (κ1) is 20.7. The predicted octanol–water partition coefficient (Wildman–Crippen LogP) is 4.17. The highest BCUT2D eigenvalue weighted by atomic mass is 16.5. The molecule has 6 nitrogen and oxygen atoms in total. The van der Waals surface area contributed by atoms with Gasteiger partial charge < -0.3 is 14.6 Å². The number of Topliss-reactive ketones (excluding diaryl/α,β-unsaturated/α-hetero) is 1. The van der Waals surface area contributed by atoms with E-state index in [2.05, 4.69) is 4.99 Å². The fraction of sp³-hybridized carbons (Fsp3) is 0.476. The smallest absolute Gasteiger partial charge is 0.316 e. The Morgan fingerprint density at radius 3 is 2.56 bits per heavy atom. The largest absolute Gasteiger partial charge is 0.511 e. The summed E-state index contributed by atoms with van der Waals surface area (Å²) in [6, 6.07) is 7.21. The van der Waals surface area contributed by atoms with Crippen LogP contribution in [0.4, 0.5) is 5.69 Å². The van der Waals surface area contributed by atoms with E-state index in [1.165, 1.54) is 7.11 Å². The van der Waals surface area contributed by atoms with Crippen LogP contribution in [0.1, 0.15) is 40.0 Å². The molecule has 1 aromatic carbocycles. The lowest BCUT2D eigenvalue weighted by Gasteiger charge is -2.36. The van der Waals surface area contributed by atoms with Crippen molar-refractivity contribution in [2.75, 3.05) is 14.2 Å². The lowest BCUT2D eigenvalue weighted by atomic mass is 9.67. The van der Waals surface area contributed by atoms with E-state index in [0.29, 0.717) is 23.6 Å². The number of benzene rings is 1. The summed E-state index contributed by atoms with van der Waals surface area (Å²) in [5.41, 5.74) is 0.405. The number of esters is 1. The van der Waals surface area contributed by atoms with Gasteiger partial charge in [0, 0.05) is 6.42 Å². The lowest BCUT2D eigenvalue weighted by Crippen LogP contribution is -2.41. The number of aliphatic imine (C=N–C) groups is 1. The number of allylic oxidation sites excluding steroid dienone is 1. The van der Waals surface area contributed by atoms with Crippen LogP contribution in [0.25, 0.3) is 0 Å². The van der Waals surface area contributed by atoms with Crippen LogP contribution >= 0.6 is 0 Å². The highest BCUT2D eigenvalue weighted by molar-refractivity contribution is 6.24. The Bertz CT molecular complexity index is 792. The zero-order valence-corrected chi connectivity index (χ0v) is 16.5. The summed E-state index contributed by atoms with van der Waals surface area (Å²) in [7, 11) is 2.82. The van der Waals surface area contributed by atoms with Crippen molar-refractivity contribution in [2.24, 2.45) is 16.3 Å². The fourth-order valence-corrected chi connectivity index (χ4v) is 3.46. The van der Waals surface area contributed by atoms with Gasteiger partial charge in [-0.1, -0.05) is 39.3 Å². The van der Waals surface area contributed by atoms with Crippen LogP contribution in [0.15, 0.2) is 40.6 Å². The minimum absolute atomic E-state index is 0.123. The molecule has 0 saturated carbocycles.